The predicted molar refractivity (Wildman–Crippen MR) is 83.7 cm³/mol. The van der Waals surface area contributed by atoms with Crippen LogP contribution < -0.4 is 10.5 Å². The lowest BCUT2D eigenvalue weighted by Crippen LogP contribution is -2.26. The van der Waals surface area contributed by atoms with Crippen molar-refractivity contribution in [3.8, 4) is 0 Å². The summed E-state index contributed by atoms with van der Waals surface area (Å²) in [5, 5.41) is 0.380. The molecule has 7 heteroatoms. The van der Waals surface area contributed by atoms with E-state index in [0.717, 1.165) is 5.56 Å². The van der Waals surface area contributed by atoms with Gasteiger partial charge in [-0.25, -0.2) is 13.1 Å². The third kappa shape index (κ3) is 3.93. The molecular formula is C14H16ClN3O2S. The first kappa shape index (κ1) is 15.8. The van der Waals surface area contributed by atoms with Gasteiger partial charge in [0.1, 0.15) is 0 Å². The maximum Gasteiger partial charge on any atom is 0.240 e. The number of nitrogens with one attached hydrogen (secondary N) is 1. The number of hydrogen-bond donors (Lipinski definition) is 2. The van der Waals surface area contributed by atoms with Gasteiger partial charge >= 0.3 is 0 Å². The molecule has 0 aliphatic heterocycles. The standard InChI is InChI=1S/C14H16ClN3O2S/c1-10-8-12(9-13(16)14(10)15)21(19,20)18-7-4-11-2-5-17-6-3-11/h2-3,5-6,8-9,18H,4,7,16H2,1H3. The topological polar surface area (TPSA) is 85.1 Å². The van der Waals surface area contributed by atoms with Crippen LogP contribution in [0.3, 0.4) is 0 Å². The van der Waals surface area contributed by atoms with Crippen LogP contribution in [0.1, 0.15) is 11.1 Å². The number of rotatable bonds is 5. The second-order valence-electron chi connectivity index (χ2n) is 4.65. The molecule has 0 unspecified atom stereocenters. The molecule has 112 valence electrons. The SMILES string of the molecule is Cc1cc(S(=O)(=O)NCCc2ccncc2)cc(N)c1Cl. The van der Waals surface area contributed by atoms with E-state index >= 15 is 0 Å². The number of aryl methyl sites for hydroxylation is 1. The van der Waals surface area contributed by atoms with Crippen molar-refractivity contribution in [3.63, 3.8) is 0 Å². The molecule has 0 saturated heterocycles. The monoisotopic (exact) mass is 325 g/mol. The van der Waals surface area contributed by atoms with Gasteiger partial charge in [0.2, 0.25) is 10.0 Å². The number of nitrogen functional groups attached to an aromatic ring is 1. The molecule has 5 nitrogen and oxygen atoms in total. The molecule has 0 bridgehead atoms. The lowest BCUT2D eigenvalue weighted by Gasteiger charge is -2.10. The van der Waals surface area contributed by atoms with Crippen LogP contribution in [0.5, 0.6) is 0 Å². The zero-order valence-electron chi connectivity index (χ0n) is 11.5. The van der Waals surface area contributed by atoms with Gasteiger partial charge in [0.15, 0.2) is 0 Å². The van der Waals surface area contributed by atoms with Gasteiger partial charge in [-0.1, -0.05) is 11.6 Å². The third-order valence-electron chi connectivity index (χ3n) is 3.02. The number of pyridine rings is 1. The molecule has 0 spiro atoms. The van der Waals surface area contributed by atoms with E-state index in [1.807, 2.05) is 12.1 Å². The van der Waals surface area contributed by atoms with Crippen LogP contribution in [0.2, 0.25) is 5.02 Å². The highest BCUT2D eigenvalue weighted by molar-refractivity contribution is 7.89. The van der Waals surface area contributed by atoms with Gasteiger partial charge < -0.3 is 5.73 Å². The van der Waals surface area contributed by atoms with Crippen LogP contribution in [0, 0.1) is 6.92 Å². The molecule has 21 heavy (non-hydrogen) atoms. The molecule has 1 aromatic heterocycles. The average Bonchev–Trinajstić information content (AvgIpc) is 2.45. The maximum atomic E-state index is 12.2. The summed E-state index contributed by atoms with van der Waals surface area (Å²) in [6.45, 7) is 2.02. The third-order valence-corrected chi connectivity index (χ3v) is 4.98. The van der Waals surface area contributed by atoms with E-state index in [9.17, 15) is 8.42 Å². The Morgan fingerprint density at radius 1 is 1.29 bits per heavy atom. The lowest BCUT2D eigenvalue weighted by atomic mass is 10.2. The number of halogens is 1. The second-order valence-corrected chi connectivity index (χ2v) is 6.79. The van der Waals surface area contributed by atoms with Crippen molar-refractivity contribution in [3.05, 3.63) is 52.8 Å². The van der Waals surface area contributed by atoms with Crippen molar-refractivity contribution in [2.75, 3.05) is 12.3 Å². The zero-order chi connectivity index (χ0) is 15.5. The van der Waals surface area contributed by atoms with E-state index in [1.54, 1.807) is 19.3 Å². The molecule has 0 atom stereocenters. The van der Waals surface area contributed by atoms with Crippen LogP contribution in [0.4, 0.5) is 5.69 Å². The molecule has 0 aliphatic carbocycles. The van der Waals surface area contributed by atoms with Crippen molar-refractivity contribution >= 4 is 27.3 Å². The predicted octanol–water partition coefficient (Wildman–Crippen LogP) is 2.15. The Morgan fingerprint density at radius 2 is 1.95 bits per heavy atom. The van der Waals surface area contributed by atoms with Crippen LogP contribution >= 0.6 is 11.6 Å². The van der Waals surface area contributed by atoms with E-state index in [2.05, 4.69) is 9.71 Å². The van der Waals surface area contributed by atoms with Gasteiger partial charge in [0.25, 0.3) is 0 Å². The lowest BCUT2D eigenvalue weighted by molar-refractivity contribution is 0.581. The molecule has 3 N–H and O–H groups in total. The minimum absolute atomic E-state index is 0.122. The Kier molecular flexibility index (Phi) is 4.82. The summed E-state index contributed by atoms with van der Waals surface area (Å²) in [4.78, 5) is 4.03. The first-order valence-corrected chi connectivity index (χ1v) is 8.20. The van der Waals surface area contributed by atoms with Crippen molar-refractivity contribution in [1.82, 2.24) is 9.71 Å². The number of sulfonamides is 1. The van der Waals surface area contributed by atoms with Crippen molar-refractivity contribution in [1.29, 1.82) is 0 Å². The number of nitrogens with two attached hydrogens (primary N) is 1. The fraction of sp³-hybridized carbons (Fsp3) is 0.214. The summed E-state index contributed by atoms with van der Waals surface area (Å²) in [6, 6.07) is 6.56. The van der Waals surface area contributed by atoms with E-state index in [4.69, 9.17) is 17.3 Å². The van der Waals surface area contributed by atoms with Crippen LogP contribution in [0.25, 0.3) is 0 Å². The molecule has 0 radical (unpaired) electrons. The number of anilines is 1. The number of aromatic nitrogens is 1. The van der Waals surface area contributed by atoms with Crippen LogP contribution in [-0.2, 0) is 16.4 Å². The molecule has 2 aromatic rings. The quantitative estimate of drug-likeness (QED) is 0.825. The number of hydrogen-bond acceptors (Lipinski definition) is 4. The van der Waals surface area contributed by atoms with Crippen molar-refractivity contribution < 1.29 is 8.42 Å². The van der Waals surface area contributed by atoms with Gasteiger partial charge in [-0.2, -0.15) is 0 Å². The van der Waals surface area contributed by atoms with E-state index in [-0.39, 0.29) is 10.6 Å². The smallest absolute Gasteiger partial charge is 0.240 e. The molecule has 0 fully saturated rings. The minimum atomic E-state index is -3.60. The summed E-state index contributed by atoms with van der Waals surface area (Å²) in [7, 11) is -3.60. The van der Waals surface area contributed by atoms with Gasteiger partial charge in [-0.3, -0.25) is 4.98 Å². The zero-order valence-corrected chi connectivity index (χ0v) is 13.1. The van der Waals surface area contributed by atoms with E-state index in [1.165, 1.54) is 12.1 Å². The van der Waals surface area contributed by atoms with Gasteiger partial charge in [-0.15, -0.1) is 0 Å². The molecular weight excluding hydrogens is 310 g/mol. The Morgan fingerprint density at radius 3 is 2.57 bits per heavy atom. The van der Waals surface area contributed by atoms with E-state index < -0.39 is 10.0 Å². The number of nitrogens with zero attached hydrogens (tertiary/aromatic N) is 1. The fourth-order valence-corrected chi connectivity index (χ4v) is 3.14. The average molecular weight is 326 g/mol. The highest BCUT2D eigenvalue weighted by atomic mass is 35.5. The first-order chi connectivity index (χ1) is 9.90. The number of benzene rings is 1. The molecule has 0 saturated carbocycles. The van der Waals surface area contributed by atoms with Crippen molar-refractivity contribution in [2.24, 2.45) is 0 Å². The Balaban J connectivity index is 2.09. The fourth-order valence-electron chi connectivity index (χ4n) is 1.88. The first-order valence-electron chi connectivity index (χ1n) is 6.34. The molecule has 0 amide bonds. The van der Waals surface area contributed by atoms with E-state index in [0.29, 0.717) is 23.6 Å². The summed E-state index contributed by atoms with van der Waals surface area (Å²) >= 11 is 5.94. The maximum absolute atomic E-state index is 12.2. The normalized spacial score (nSPS) is 11.5. The second kappa shape index (κ2) is 6.43. The highest BCUT2D eigenvalue weighted by Gasteiger charge is 2.16. The van der Waals surface area contributed by atoms with Gasteiger partial charge in [-0.05, 0) is 48.7 Å². The summed E-state index contributed by atoms with van der Waals surface area (Å²) in [5.74, 6) is 0. The van der Waals surface area contributed by atoms with Crippen LogP contribution in [0.15, 0.2) is 41.6 Å². The summed E-state index contributed by atoms with van der Waals surface area (Å²) in [6.07, 6.45) is 3.93. The summed E-state index contributed by atoms with van der Waals surface area (Å²) < 4.78 is 27.0. The highest BCUT2D eigenvalue weighted by Crippen LogP contribution is 2.26. The molecule has 0 aliphatic rings. The molecule has 1 heterocycles. The minimum Gasteiger partial charge on any atom is -0.397 e. The van der Waals surface area contributed by atoms with Crippen LogP contribution in [-0.4, -0.2) is 19.9 Å². The van der Waals surface area contributed by atoms with Gasteiger partial charge in [0, 0.05) is 18.9 Å². The Hall–Kier alpha value is -1.63. The Labute approximate surface area is 129 Å². The molecule has 1 aromatic carbocycles. The summed E-state index contributed by atoms with van der Waals surface area (Å²) in [5.41, 5.74) is 7.61. The van der Waals surface area contributed by atoms with Gasteiger partial charge in [0.05, 0.1) is 15.6 Å². The Bertz CT molecular complexity index is 710. The largest absolute Gasteiger partial charge is 0.397 e. The van der Waals surface area contributed by atoms with Crippen molar-refractivity contribution in [2.45, 2.75) is 18.2 Å². The molecule has 2 rings (SSSR count).